The molecule has 1 N–H and O–H groups in total. The molecular weight excluding hydrogens is 190 g/mol. The van der Waals surface area contributed by atoms with Gasteiger partial charge in [-0.3, -0.25) is 0 Å². The molecular formula is C12H17NS. The fourth-order valence-corrected chi connectivity index (χ4v) is 2.33. The van der Waals surface area contributed by atoms with Crippen LogP contribution in [0.5, 0.6) is 0 Å². The van der Waals surface area contributed by atoms with E-state index in [9.17, 15) is 0 Å². The highest BCUT2D eigenvalue weighted by Crippen LogP contribution is 2.23. The summed E-state index contributed by atoms with van der Waals surface area (Å²) in [6, 6.07) is 4.78. The van der Waals surface area contributed by atoms with Crippen LogP contribution in [0.3, 0.4) is 0 Å². The van der Waals surface area contributed by atoms with Crippen LogP contribution in [-0.2, 0) is 0 Å². The SMILES string of the molecule is C#CCCCC(NCC)c1cccs1. The van der Waals surface area contributed by atoms with Gasteiger partial charge in [0.05, 0.1) is 0 Å². The normalized spacial score (nSPS) is 12.3. The molecule has 0 aliphatic carbocycles. The van der Waals surface area contributed by atoms with Gasteiger partial charge in [0.1, 0.15) is 0 Å². The van der Waals surface area contributed by atoms with E-state index in [1.54, 1.807) is 0 Å². The van der Waals surface area contributed by atoms with Gasteiger partial charge in [-0.15, -0.1) is 23.7 Å². The number of hydrogen-bond donors (Lipinski definition) is 1. The quantitative estimate of drug-likeness (QED) is 0.558. The molecule has 0 spiro atoms. The highest BCUT2D eigenvalue weighted by Gasteiger charge is 2.09. The van der Waals surface area contributed by atoms with Crippen molar-refractivity contribution < 1.29 is 0 Å². The van der Waals surface area contributed by atoms with Crippen molar-refractivity contribution in [3.8, 4) is 12.3 Å². The summed E-state index contributed by atoms with van der Waals surface area (Å²) in [6.07, 6.45) is 8.36. The third kappa shape index (κ3) is 3.53. The first-order valence-corrected chi connectivity index (χ1v) is 5.96. The van der Waals surface area contributed by atoms with E-state index in [2.05, 4.69) is 35.7 Å². The molecule has 76 valence electrons. The van der Waals surface area contributed by atoms with Gasteiger partial charge in [-0.2, -0.15) is 0 Å². The molecule has 0 aliphatic heterocycles. The van der Waals surface area contributed by atoms with E-state index in [1.807, 2.05) is 11.3 Å². The summed E-state index contributed by atoms with van der Waals surface area (Å²) >= 11 is 1.81. The molecule has 1 nitrogen and oxygen atoms in total. The summed E-state index contributed by atoms with van der Waals surface area (Å²) in [5.41, 5.74) is 0. The van der Waals surface area contributed by atoms with Gasteiger partial charge in [0.25, 0.3) is 0 Å². The molecule has 0 saturated heterocycles. The predicted molar refractivity (Wildman–Crippen MR) is 63.4 cm³/mol. The molecule has 0 aliphatic rings. The molecule has 14 heavy (non-hydrogen) atoms. The Bertz CT molecular complexity index is 271. The van der Waals surface area contributed by atoms with Crippen LogP contribution in [0.4, 0.5) is 0 Å². The lowest BCUT2D eigenvalue weighted by Crippen LogP contribution is -2.19. The van der Waals surface area contributed by atoms with E-state index in [0.29, 0.717) is 6.04 Å². The molecule has 1 rings (SSSR count). The fraction of sp³-hybridized carbons (Fsp3) is 0.500. The van der Waals surface area contributed by atoms with E-state index in [1.165, 1.54) is 4.88 Å². The maximum Gasteiger partial charge on any atom is 0.0415 e. The Hall–Kier alpha value is -0.780. The molecule has 1 aromatic rings. The molecule has 0 amide bonds. The van der Waals surface area contributed by atoms with Gasteiger partial charge in [0, 0.05) is 17.3 Å². The monoisotopic (exact) mass is 207 g/mol. The van der Waals surface area contributed by atoms with Crippen LogP contribution in [0.1, 0.15) is 37.1 Å². The maximum atomic E-state index is 5.24. The first kappa shape index (κ1) is 11.3. The topological polar surface area (TPSA) is 12.0 Å². The molecule has 1 unspecified atom stereocenters. The maximum absolute atomic E-state index is 5.24. The lowest BCUT2D eigenvalue weighted by molar-refractivity contribution is 0.509. The smallest absolute Gasteiger partial charge is 0.0415 e. The average molecular weight is 207 g/mol. The summed E-state index contributed by atoms with van der Waals surface area (Å²) in [5.74, 6) is 2.69. The van der Waals surface area contributed by atoms with Crippen molar-refractivity contribution >= 4 is 11.3 Å². The number of thiophene rings is 1. The molecule has 0 bridgehead atoms. The van der Waals surface area contributed by atoms with Crippen molar-refractivity contribution in [2.45, 2.75) is 32.2 Å². The zero-order chi connectivity index (χ0) is 10.2. The molecule has 0 fully saturated rings. The van der Waals surface area contributed by atoms with E-state index < -0.39 is 0 Å². The van der Waals surface area contributed by atoms with Gasteiger partial charge < -0.3 is 5.32 Å². The molecule has 1 aromatic heterocycles. The van der Waals surface area contributed by atoms with Gasteiger partial charge in [0.15, 0.2) is 0 Å². The number of nitrogens with one attached hydrogen (secondary N) is 1. The van der Waals surface area contributed by atoms with Gasteiger partial charge in [-0.1, -0.05) is 13.0 Å². The minimum Gasteiger partial charge on any atom is -0.310 e. The van der Waals surface area contributed by atoms with Crippen LogP contribution in [0.2, 0.25) is 0 Å². The second kappa shape index (κ2) is 6.64. The number of unbranched alkanes of at least 4 members (excludes halogenated alkanes) is 1. The predicted octanol–water partition coefficient (Wildman–Crippen LogP) is 3.20. The average Bonchev–Trinajstić information content (AvgIpc) is 2.70. The first-order chi connectivity index (χ1) is 6.88. The van der Waals surface area contributed by atoms with Crippen molar-refractivity contribution in [1.82, 2.24) is 5.32 Å². The molecule has 1 heterocycles. The first-order valence-electron chi connectivity index (χ1n) is 5.08. The molecule has 0 aromatic carbocycles. The van der Waals surface area contributed by atoms with E-state index in [4.69, 9.17) is 6.42 Å². The zero-order valence-corrected chi connectivity index (χ0v) is 9.44. The summed E-state index contributed by atoms with van der Waals surface area (Å²) in [5, 5.41) is 5.61. The van der Waals surface area contributed by atoms with Gasteiger partial charge in [0.2, 0.25) is 0 Å². The van der Waals surface area contributed by atoms with Gasteiger partial charge >= 0.3 is 0 Å². The Morgan fingerprint density at radius 3 is 3.07 bits per heavy atom. The molecule has 0 saturated carbocycles. The van der Waals surface area contributed by atoms with Crippen molar-refractivity contribution in [1.29, 1.82) is 0 Å². The number of hydrogen-bond acceptors (Lipinski definition) is 2. The van der Waals surface area contributed by atoms with Crippen molar-refractivity contribution in [3.63, 3.8) is 0 Å². The second-order valence-corrected chi connectivity index (χ2v) is 4.20. The van der Waals surface area contributed by atoms with Crippen LogP contribution < -0.4 is 5.32 Å². The van der Waals surface area contributed by atoms with Crippen molar-refractivity contribution in [2.24, 2.45) is 0 Å². The minimum absolute atomic E-state index is 0.494. The zero-order valence-electron chi connectivity index (χ0n) is 8.62. The number of terminal acetylenes is 1. The Labute approximate surface area is 90.5 Å². The Kier molecular flexibility index (Phi) is 5.36. The van der Waals surface area contributed by atoms with Crippen LogP contribution in [0, 0.1) is 12.3 Å². The van der Waals surface area contributed by atoms with Crippen LogP contribution in [0.25, 0.3) is 0 Å². The lowest BCUT2D eigenvalue weighted by atomic mass is 10.1. The highest BCUT2D eigenvalue weighted by molar-refractivity contribution is 7.10. The van der Waals surface area contributed by atoms with E-state index >= 15 is 0 Å². The largest absolute Gasteiger partial charge is 0.310 e. The molecule has 0 radical (unpaired) electrons. The van der Waals surface area contributed by atoms with Crippen molar-refractivity contribution in [2.75, 3.05) is 6.54 Å². The van der Waals surface area contributed by atoms with Crippen LogP contribution in [0.15, 0.2) is 17.5 Å². The third-order valence-electron chi connectivity index (χ3n) is 2.15. The Morgan fingerprint density at radius 2 is 2.50 bits per heavy atom. The van der Waals surface area contributed by atoms with Gasteiger partial charge in [-0.05, 0) is 30.8 Å². The number of rotatable bonds is 6. The highest BCUT2D eigenvalue weighted by atomic mass is 32.1. The summed E-state index contributed by atoms with van der Waals surface area (Å²) < 4.78 is 0. The molecule has 1 atom stereocenters. The molecule has 2 heteroatoms. The van der Waals surface area contributed by atoms with E-state index in [-0.39, 0.29) is 0 Å². The minimum atomic E-state index is 0.494. The summed E-state index contributed by atoms with van der Waals surface area (Å²) in [7, 11) is 0. The fourth-order valence-electron chi connectivity index (χ4n) is 1.49. The Morgan fingerprint density at radius 1 is 1.64 bits per heavy atom. The summed E-state index contributed by atoms with van der Waals surface area (Å²) in [4.78, 5) is 1.42. The lowest BCUT2D eigenvalue weighted by Gasteiger charge is -2.15. The van der Waals surface area contributed by atoms with E-state index in [0.717, 1.165) is 25.8 Å². The standard InChI is InChI=1S/C12H17NS/c1-3-5-6-8-11(13-4-2)12-9-7-10-14-12/h1,7,9-11,13H,4-6,8H2,2H3. The Balaban J connectivity index is 2.44. The van der Waals surface area contributed by atoms with Crippen LogP contribution in [-0.4, -0.2) is 6.54 Å². The third-order valence-corrected chi connectivity index (χ3v) is 3.14. The second-order valence-electron chi connectivity index (χ2n) is 3.22. The van der Waals surface area contributed by atoms with Crippen LogP contribution >= 0.6 is 11.3 Å². The van der Waals surface area contributed by atoms with Crippen molar-refractivity contribution in [3.05, 3.63) is 22.4 Å². The summed E-state index contributed by atoms with van der Waals surface area (Å²) in [6.45, 7) is 3.15. The van der Waals surface area contributed by atoms with Gasteiger partial charge in [-0.25, -0.2) is 0 Å².